The van der Waals surface area contributed by atoms with Gasteiger partial charge in [-0.1, -0.05) is 41.4 Å². The molecule has 5 nitrogen and oxygen atoms in total. The molecule has 0 heterocycles. The normalized spacial score (nSPS) is 10.7. The molecule has 0 atom stereocenters. The van der Waals surface area contributed by atoms with E-state index in [-0.39, 0.29) is 6.61 Å². The molecule has 0 bridgehead atoms. The van der Waals surface area contributed by atoms with Crippen LogP contribution in [0.25, 0.3) is 0 Å². The van der Waals surface area contributed by atoms with Crippen molar-refractivity contribution < 1.29 is 9.53 Å². The Kier molecular flexibility index (Phi) is 6.27. The lowest BCUT2D eigenvalue weighted by atomic mass is 10.2. The van der Waals surface area contributed by atoms with Gasteiger partial charge in [-0.2, -0.15) is 5.10 Å². The summed E-state index contributed by atoms with van der Waals surface area (Å²) in [6.45, 7) is 0.286. The summed E-state index contributed by atoms with van der Waals surface area (Å²) in [6, 6.07) is 10.1. The molecule has 120 valence electrons. The standard InChI is InChI=1S/C15H12BrCl2N3O2/c16-11-5-9(7-20-21-15(19)22)6-13(18)14(11)23-8-10-3-1-2-4-12(10)17/h1-7H,8H2,(H3,19,21,22)/b20-7-. The topological polar surface area (TPSA) is 76.7 Å². The van der Waals surface area contributed by atoms with Gasteiger partial charge in [-0.25, -0.2) is 10.2 Å². The summed E-state index contributed by atoms with van der Waals surface area (Å²) >= 11 is 15.7. The quantitative estimate of drug-likeness (QED) is 0.561. The van der Waals surface area contributed by atoms with E-state index >= 15 is 0 Å². The largest absolute Gasteiger partial charge is 0.486 e. The third kappa shape index (κ3) is 5.13. The Morgan fingerprint density at radius 2 is 2.04 bits per heavy atom. The number of halogens is 3. The van der Waals surface area contributed by atoms with Gasteiger partial charge in [0.2, 0.25) is 0 Å². The SMILES string of the molecule is NC(=O)N/N=C\c1cc(Cl)c(OCc2ccccc2Cl)c(Br)c1. The van der Waals surface area contributed by atoms with Gasteiger partial charge in [-0.15, -0.1) is 0 Å². The van der Waals surface area contributed by atoms with Gasteiger partial charge >= 0.3 is 6.03 Å². The van der Waals surface area contributed by atoms with Crippen LogP contribution >= 0.6 is 39.1 Å². The zero-order valence-electron chi connectivity index (χ0n) is 11.7. The highest BCUT2D eigenvalue weighted by atomic mass is 79.9. The van der Waals surface area contributed by atoms with Crippen molar-refractivity contribution in [2.24, 2.45) is 10.8 Å². The highest BCUT2D eigenvalue weighted by Gasteiger charge is 2.10. The van der Waals surface area contributed by atoms with Crippen LogP contribution in [0.5, 0.6) is 5.75 Å². The second kappa shape index (κ2) is 8.19. The van der Waals surface area contributed by atoms with Gasteiger partial charge in [-0.3, -0.25) is 0 Å². The number of rotatable bonds is 5. The first-order valence-corrected chi connectivity index (χ1v) is 7.96. The summed E-state index contributed by atoms with van der Waals surface area (Å²) in [5.74, 6) is 0.492. The Morgan fingerprint density at radius 1 is 1.30 bits per heavy atom. The van der Waals surface area contributed by atoms with Crippen molar-refractivity contribution in [3.05, 3.63) is 62.0 Å². The number of nitrogens with one attached hydrogen (secondary N) is 1. The Labute approximate surface area is 151 Å². The molecule has 2 aromatic carbocycles. The van der Waals surface area contributed by atoms with E-state index in [0.29, 0.717) is 25.8 Å². The van der Waals surface area contributed by atoms with Crippen molar-refractivity contribution in [1.82, 2.24) is 5.43 Å². The van der Waals surface area contributed by atoms with E-state index in [0.717, 1.165) is 5.56 Å². The molecule has 2 amide bonds. The number of ether oxygens (including phenoxy) is 1. The number of urea groups is 1. The van der Waals surface area contributed by atoms with Crippen LogP contribution in [0.3, 0.4) is 0 Å². The predicted octanol–water partition coefficient (Wildman–Crippen LogP) is 4.34. The van der Waals surface area contributed by atoms with Crippen molar-refractivity contribution in [2.45, 2.75) is 6.61 Å². The summed E-state index contributed by atoms with van der Waals surface area (Å²) in [5.41, 5.74) is 8.54. The molecule has 0 aliphatic rings. The zero-order chi connectivity index (χ0) is 16.8. The maximum Gasteiger partial charge on any atom is 0.332 e. The second-order valence-corrected chi connectivity index (χ2v) is 6.10. The first-order chi connectivity index (χ1) is 11.0. The first kappa shape index (κ1) is 17.6. The van der Waals surface area contributed by atoms with E-state index in [4.69, 9.17) is 33.7 Å². The number of amides is 2. The fourth-order valence-corrected chi connectivity index (χ4v) is 2.91. The molecular weight excluding hydrogens is 405 g/mol. The lowest BCUT2D eigenvalue weighted by Gasteiger charge is -2.12. The van der Waals surface area contributed by atoms with Crippen LogP contribution in [0.15, 0.2) is 46.0 Å². The van der Waals surface area contributed by atoms with Crippen LogP contribution in [-0.4, -0.2) is 12.2 Å². The molecular formula is C15H12BrCl2N3O2. The van der Waals surface area contributed by atoms with E-state index in [1.807, 2.05) is 18.2 Å². The molecule has 0 fully saturated rings. The molecule has 3 N–H and O–H groups in total. The number of hydrazone groups is 1. The van der Waals surface area contributed by atoms with Gasteiger partial charge < -0.3 is 10.5 Å². The van der Waals surface area contributed by atoms with E-state index in [1.165, 1.54) is 6.21 Å². The van der Waals surface area contributed by atoms with Gasteiger partial charge in [0.25, 0.3) is 0 Å². The van der Waals surface area contributed by atoms with Crippen molar-refractivity contribution in [2.75, 3.05) is 0 Å². The summed E-state index contributed by atoms with van der Waals surface area (Å²) in [6.07, 6.45) is 1.42. The molecule has 0 aromatic heterocycles. The molecule has 0 spiro atoms. The molecule has 2 rings (SSSR count). The van der Waals surface area contributed by atoms with Gasteiger partial charge in [-0.05, 0) is 39.7 Å². The van der Waals surface area contributed by atoms with E-state index < -0.39 is 6.03 Å². The minimum absolute atomic E-state index is 0.286. The molecule has 0 radical (unpaired) electrons. The lowest BCUT2D eigenvalue weighted by molar-refractivity contribution is 0.249. The number of benzene rings is 2. The van der Waals surface area contributed by atoms with E-state index in [1.54, 1.807) is 18.2 Å². The predicted molar refractivity (Wildman–Crippen MR) is 95.2 cm³/mol. The van der Waals surface area contributed by atoms with Crippen LogP contribution in [0.4, 0.5) is 4.79 Å². The van der Waals surface area contributed by atoms with Gasteiger partial charge in [0, 0.05) is 10.6 Å². The number of nitrogens with two attached hydrogens (primary N) is 1. The molecule has 8 heteroatoms. The molecule has 0 saturated carbocycles. The number of nitrogens with zero attached hydrogens (tertiary/aromatic N) is 1. The van der Waals surface area contributed by atoms with Crippen LogP contribution in [0.2, 0.25) is 10.0 Å². The summed E-state index contributed by atoms with van der Waals surface area (Å²) < 4.78 is 6.39. The Hall–Kier alpha value is -1.76. The summed E-state index contributed by atoms with van der Waals surface area (Å²) in [4.78, 5) is 10.6. The average molecular weight is 417 g/mol. The monoisotopic (exact) mass is 415 g/mol. The minimum atomic E-state index is -0.744. The fourth-order valence-electron chi connectivity index (χ4n) is 1.73. The number of carbonyl (C=O) groups is 1. The summed E-state index contributed by atoms with van der Waals surface area (Å²) in [7, 11) is 0. The number of hydrogen-bond acceptors (Lipinski definition) is 3. The van der Waals surface area contributed by atoms with Crippen molar-refractivity contribution in [3.63, 3.8) is 0 Å². The number of carbonyl (C=O) groups excluding carboxylic acids is 1. The van der Waals surface area contributed by atoms with Gasteiger partial charge in [0.15, 0.2) is 5.75 Å². The Morgan fingerprint density at radius 3 is 2.70 bits per heavy atom. The van der Waals surface area contributed by atoms with Gasteiger partial charge in [0.05, 0.1) is 15.7 Å². The molecule has 0 saturated heterocycles. The van der Waals surface area contributed by atoms with Crippen LogP contribution in [0.1, 0.15) is 11.1 Å². The fraction of sp³-hybridized carbons (Fsp3) is 0.0667. The molecule has 0 aliphatic heterocycles. The zero-order valence-corrected chi connectivity index (χ0v) is 14.8. The molecule has 2 aromatic rings. The first-order valence-electron chi connectivity index (χ1n) is 6.41. The maximum absolute atomic E-state index is 10.6. The molecule has 23 heavy (non-hydrogen) atoms. The van der Waals surface area contributed by atoms with Crippen molar-refractivity contribution >= 4 is 51.4 Å². The summed E-state index contributed by atoms with van der Waals surface area (Å²) in [5, 5.41) is 4.69. The third-order valence-corrected chi connectivity index (χ3v) is 3.98. The van der Waals surface area contributed by atoms with Crippen LogP contribution in [0, 0.1) is 0 Å². The molecule has 0 aliphatic carbocycles. The lowest BCUT2D eigenvalue weighted by Crippen LogP contribution is -2.24. The Balaban J connectivity index is 2.13. The highest BCUT2D eigenvalue weighted by molar-refractivity contribution is 9.10. The molecule has 0 unspecified atom stereocenters. The van der Waals surface area contributed by atoms with Crippen LogP contribution in [-0.2, 0) is 6.61 Å². The Bertz CT molecular complexity index is 730. The van der Waals surface area contributed by atoms with Crippen molar-refractivity contribution in [3.8, 4) is 5.75 Å². The van der Waals surface area contributed by atoms with E-state index in [2.05, 4.69) is 26.5 Å². The van der Waals surface area contributed by atoms with E-state index in [9.17, 15) is 4.79 Å². The third-order valence-electron chi connectivity index (χ3n) is 2.74. The van der Waals surface area contributed by atoms with Crippen LogP contribution < -0.4 is 15.9 Å². The minimum Gasteiger partial charge on any atom is -0.486 e. The number of primary amides is 1. The van der Waals surface area contributed by atoms with Crippen molar-refractivity contribution in [1.29, 1.82) is 0 Å². The van der Waals surface area contributed by atoms with Gasteiger partial charge in [0.1, 0.15) is 6.61 Å². The number of hydrogen-bond donors (Lipinski definition) is 2. The second-order valence-electron chi connectivity index (χ2n) is 4.43. The smallest absolute Gasteiger partial charge is 0.332 e. The highest BCUT2D eigenvalue weighted by Crippen LogP contribution is 2.35. The average Bonchev–Trinajstić information content (AvgIpc) is 2.48. The maximum atomic E-state index is 10.6.